The third-order valence-corrected chi connectivity index (χ3v) is 3.37. The van der Waals surface area contributed by atoms with Crippen LogP contribution in [0.4, 0.5) is 4.79 Å². The van der Waals surface area contributed by atoms with E-state index in [4.69, 9.17) is 16.3 Å². The lowest BCUT2D eigenvalue weighted by atomic mass is 10.2. The second kappa shape index (κ2) is 8.96. The van der Waals surface area contributed by atoms with Crippen LogP contribution in [-0.2, 0) is 19.1 Å². The number of alkyl halides is 1. The van der Waals surface area contributed by atoms with Crippen LogP contribution in [0.25, 0.3) is 0 Å². The lowest BCUT2D eigenvalue weighted by Crippen LogP contribution is -2.47. The fraction of sp³-hybridized carbons (Fsp3) is 0.800. The Bertz CT molecular complexity index is 436. The first-order valence-corrected chi connectivity index (χ1v) is 8.27. The Morgan fingerprint density at radius 1 is 1.30 bits per heavy atom. The zero-order valence-corrected chi connectivity index (χ0v) is 14.6. The molecule has 1 saturated heterocycles. The Hall–Kier alpha value is -1.50. The van der Waals surface area contributed by atoms with E-state index >= 15 is 0 Å². The standard InChI is InChI=1S/C15H25ClN2O5/c1-15(2,3)23-14(21)18-9-5-6-11(18)13(20)17-8-4-7-12(19)22-10-16/h11H,4-10H2,1-3H3,(H,17,20). The van der Waals surface area contributed by atoms with Crippen LogP contribution in [-0.4, -0.2) is 53.7 Å². The second-order valence-electron chi connectivity index (χ2n) is 6.35. The summed E-state index contributed by atoms with van der Waals surface area (Å²) in [4.78, 5) is 36.9. The minimum absolute atomic E-state index is 0.169. The maximum Gasteiger partial charge on any atom is 0.410 e. The van der Waals surface area contributed by atoms with Crippen molar-refractivity contribution in [2.75, 3.05) is 19.2 Å². The van der Waals surface area contributed by atoms with Gasteiger partial charge in [-0.1, -0.05) is 11.6 Å². The van der Waals surface area contributed by atoms with Crippen LogP contribution >= 0.6 is 11.6 Å². The number of hydrogen-bond acceptors (Lipinski definition) is 5. The Kier molecular flexibility index (Phi) is 7.61. The smallest absolute Gasteiger partial charge is 0.410 e. The normalized spacial score (nSPS) is 17.7. The molecule has 23 heavy (non-hydrogen) atoms. The van der Waals surface area contributed by atoms with Crippen molar-refractivity contribution in [2.45, 2.75) is 58.1 Å². The molecule has 0 spiro atoms. The summed E-state index contributed by atoms with van der Waals surface area (Å²) in [6.07, 6.45) is 1.55. The molecule has 1 aliphatic heterocycles. The Morgan fingerprint density at radius 3 is 2.61 bits per heavy atom. The number of rotatable bonds is 6. The number of amides is 2. The first-order chi connectivity index (χ1) is 10.7. The summed E-state index contributed by atoms with van der Waals surface area (Å²) in [6, 6.07) is -0.683. The average Bonchev–Trinajstić information content (AvgIpc) is 2.91. The quantitative estimate of drug-likeness (QED) is 0.451. The molecular formula is C15H25ClN2O5. The van der Waals surface area contributed by atoms with Gasteiger partial charge >= 0.3 is 12.1 Å². The van der Waals surface area contributed by atoms with Crippen molar-refractivity contribution in [3.63, 3.8) is 0 Å². The molecule has 132 valence electrons. The molecule has 1 unspecified atom stereocenters. The monoisotopic (exact) mass is 348 g/mol. The third-order valence-electron chi connectivity index (χ3n) is 3.26. The summed E-state index contributed by atoms with van der Waals surface area (Å²) < 4.78 is 9.91. The van der Waals surface area contributed by atoms with E-state index in [1.165, 1.54) is 4.90 Å². The molecule has 1 heterocycles. The molecule has 1 fully saturated rings. The third kappa shape index (κ3) is 7.07. The van der Waals surface area contributed by atoms with Gasteiger partial charge < -0.3 is 14.8 Å². The number of hydrogen-bond donors (Lipinski definition) is 1. The van der Waals surface area contributed by atoms with Crippen molar-refractivity contribution >= 4 is 29.6 Å². The molecule has 2 amide bonds. The number of likely N-dealkylation sites (tertiary alicyclic amines) is 1. The van der Waals surface area contributed by atoms with Crippen molar-refractivity contribution < 1.29 is 23.9 Å². The number of carbonyl (C=O) groups is 3. The second-order valence-corrected chi connectivity index (χ2v) is 6.57. The molecule has 0 aromatic carbocycles. The SMILES string of the molecule is CC(C)(C)OC(=O)N1CCCC1C(=O)NCCCC(=O)OCCl. The zero-order valence-electron chi connectivity index (χ0n) is 13.9. The molecule has 0 aromatic heterocycles. The van der Waals surface area contributed by atoms with Gasteiger partial charge in [0.05, 0.1) is 0 Å². The van der Waals surface area contributed by atoms with Crippen LogP contribution < -0.4 is 5.32 Å². The van der Waals surface area contributed by atoms with Gasteiger partial charge in [-0.05, 0) is 40.0 Å². The molecule has 1 aliphatic rings. The van der Waals surface area contributed by atoms with Gasteiger partial charge in [0, 0.05) is 19.5 Å². The lowest BCUT2D eigenvalue weighted by molar-refractivity contribution is -0.141. The van der Waals surface area contributed by atoms with Crippen LogP contribution in [0.1, 0.15) is 46.5 Å². The van der Waals surface area contributed by atoms with Crippen LogP contribution in [0.2, 0.25) is 0 Å². The van der Waals surface area contributed by atoms with E-state index in [9.17, 15) is 14.4 Å². The van der Waals surface area contributed by atoms with Crippen molar-refractivity contribution in [1.82, 2.24) is 10.2 Å². The summed E-state index contributed by atoms with van der Waals surface area (Å²) in [5.74, 6) is -0.621. The van der Waals surface area contributed by atoms with Gasteiger partial charge in [0.1, 0.15) is 11.6 Å². The summed E-state index contributed by atoms with van der Waals surface area (Å²) in [5.41, 5.74) is -0.594. The first-order valence-electron chi connectivity index (χ1n) is 7.73. The molecule has 1 N–H and O–H groups in total. The molecule has 8 heteroatoms. The van der Waals surface area contributed by atoms with Gasteiger partial charge in [-0.3, -0.25) is 14.5 Å². The number of nitrogens with zero attached hydrogens (tertiary/aromatic N) is 1. The fourth-order valence-electron chi connectivity index (χ4n) is 2.27. The van der Waals surface area contributed by atoms with Gasteiger partial charge in [-0.25, -0.2) is 4.79 Å². The molecular weight excluding hydrogens is 324 g/mol. The van der Waals surface area contributed by atoms with Crippen molar-refractivity contribution in [2.24, 2.45) is 0 Å². The lowest BCUT2D eigenvalue weighted by Gasteiger charge is -2.28. The number of halogens is 1. The summed E-state index contributed by atoms with van der Waals surface area (Å²) in [5, 5.41) is 2.74. The van der Waals surface area contributed by atoms with Gasteiger partial charge in [0.2, 0.25) is 5.91 Å². The summed E-state index contributed by atoms with van der Waals surface area (Å²) in [7, 11) is 0. The number of carbonyl (C=O) groups excluding carboxylic acids is 3. The molecule has 0 aromatic rings. The van der Waals surface area contributed by atoms with Crippen molar-refractivity contribution in [3.8, 4) is 0 Å². The zero-order chi connectivity index (χ0) is 17.5. The highest BCUT2D eigenvalue weighted by Gasteiger charge is 2.36. The molecule has 0 aliphatic carbocycles. The fourth-order valence-corrected chi connectivity index (χ4v) is 2.40. The molecule has 7 nitrogen and oxygen atoms in total. The first kappa shape index (κ1) is 19.5. The minimum Gasteiger partial charge on any atom is -0.449 e. The van der Waals surface area contributed by atoms with Crippen molar-refractivity contribution in [1.29, 1.82) is 0 Å². The maximum atomic E-state index is 12.2. The van der Waals surface area contributed by atoms with Crippen LogP contribution in [0.15, 0.2) is 0 Å². The van der Waals surface area contributed by atoms with Gasteiger partial charge in [0.15, 0.2) is 6.07 Å². The molecule has 0 saturated carbocycles. The van der Waals surface area contributed by atoms with Crippen LogP contribution in [0.3, 0.4) is 0 Å². The predicted octanol–water partition coefficient (Wildman–Crippen LogP) is 2.02. The Labute approximate surface area is 141 Å². The van der Waals surface area contributed by atoms with Crippen molar-refractivity contribution in [3.05, 3.63) is 0 Å². The van der Waals surface area contributed by atoms with Gasteiger partial charge in [-0.15, -0.1) is 0 Å². The van der Waals surface area contributed by atoms with E-state index in [1.54, 1.807) is 20.8 Å². The van der Waals surface area contributed by atoms with E-state index in [1.807, 2.05) is 0 Å². The summed E-state index contributed by atoms with van der Waals surface area (Å²) >= 11 is 5.28. The Morgan fingerprint density at radius 2 is 2.00 bits per heavy atom. The molecule has 1 rings (SSSR count). The highest BCUT2D eigenvalue weighted by atomic mass is 35.5. The van der Waals surface area contributed by atoms with Gasteiger partial charge in [-0.2, -0.15) is 0 Å². The molecule has 0 bridgehead atoms. The predicted molar refractivity (Wildman–Crippen MR) is 85.0 cm³/mol. The Balaban J connectivity index is 2.39. The summed E-state index contributed by atoms with van der Waals surface area (Å²) in [6.45, 7) is 6.21. The highest BCUT2D eigenvalue weighted by molar-refractivity contribution is 6.17. The number of nitrogens with one attached hydrogen (secondary N) is 1. The maximum absolute atomic E-state index is 12.2. The topological polar surface area (TPSA) is 84.9 Å². The van der Waals surface area contributed by atoms with Crippen LogP contribution in [0, 0.1) is 0 Å². The van der Waals surface area contributed by atoms with E-state index in [0.717, 1.165) is 6.42 Å². The largest absolute Gasteiger partial charge is 0.449 e. The molecule has 1 atom stereocenters. The van der Waals surface area contributed by atoms with Crippen LogP contribution in [0.5, 0.6) is 0 Å². The number of ether oxygens (including phenoxy) is 2. The van der Waals surface area contributed by atoms with E-state index in [2.05, 4.69) is 10.1 Å². The average molecular weight is 349 g/mol. The minimum atomic E-state index is -0.594. The van der Waals surface area contributed by atoms with E-state index in [0.29, 0.717) is 25.9 Å². The molecule has 0 radical (unpaired) electrons. The number of esters is 1. The van der Waals surface area contributed by atoms with E-state index < -0.39 is 23.7 Å². The van der Waals surface area contributed by atoms with E-state index in [-0.39, 0.29) is 18.4 Å². The van der Waals surface area contributed by atoms with Gasteiger partial charge in [0.25, 0.3) is 0 Å². The highest BCUT2D eigenvalue weighted by Crippen LogP contribution is 2.20.